The summed E-state index contributed by atoms with van der Waals surface area (Å²) in [5, 5.41) is 13.3. The number of rotatable bonds is 6. The Hall–Kier alpha value is -1.54. The van der Waals surface area contributed by atoms with Gasteiger partial charge in [-0.2, -0.15) is 0 Å². The Kier molecular flexibility index (Phi) is 8.52. The molecule has 1 aliphatic carbocycles. The molecule has 1 aromatic carbocycles. The highest BCUT2D eigenvalue weighted by Gasteiger charge is 2.38. The number of benzene rings is 1. The molecule has 2 saturated heterocycles. The van der Waals surface area contributed by atoms with E-state index in [0.29, 0.717) is 38.6 Å². The molecule has 0 aromatic heterocycles. The number of carbonyl (C=O) groups excluding carboxylic acids is 1. The Labute approximate surface area is 190 Å². The van der Waals surface area contributed by atoms with Crippen molar-refractivity contribution in [3.8, 4) is 0 Å². The molecule has 7 heteroatoms. The summed E-state index contributed by atoms with van der Waals surface area (Å²) < 4.78 is 25.1. The maximum absolute atomic E-state index is 13.0. The van der Waals surface area contributed by atoms with Gasteiger partial charge < -0.3 is 19.9 Å². The van der Waals surface area contributed by atoms with Gasteiger partial charge in [0.15, 0.2) is 0 Å². The van der Waals surface area contributed by atoms with Crippen LogP contribution >= 0.6 is 0 Å². The summed E-state index contributed by atoms with van der Waals surface area (Å²) in [5.74, 6) is 0.364. The molecule has 2 N–H and O–H groups in total. The first-order valence-electron chi connectivity index (χ1n) is 12.2. The second kappa shape index (κ2) is 11.5. The summed E-state index contributed by atoms with van der Waals surface area (Å²) in [7, 11) is 0. The zero-order valence-corrected chi connectivity index (χ0v) is 18.9. The number of amides is 1. The fourth-order valence-corrected chi connectivity index (χ4v) is 5.44. The number of nitrogens with one attached hydrogen (secondary N) is 1. The van der Waals surface area contributed by atoms with Crippen LogP contribution in [0.3, 0.4) is 0 Å². The lowest BCUT2D eigenvalue weighted by Gasteiger charge is -2.45. The molecular weight excluding hydrogens is 411 g/mol. The van der Waals surface area contributed by atoms with Gasteiger partial charge in [0, 0.05) is 25.7 Å². The van der Waals surface area contributed by atoms with Gasteiger partial charge in [-0.15, -0.1) is 0 Å². The zero-order valence-electron chi connectivity index (χ0n) is 18.9. The van der Waals surface area contributed by atoms with Gasteiger partial charge in [0.05, 0.1) is 37.9 Å². The van der Waals surface area contributed by atoms with Crippen molar-refractivity contribution < 1.29 is 23.8 Å². The van der Waals surface area contributed by atoms with Crippen molar-refractivity contribution in [1.82, 2.24) is 10.2 Å². The van der Waals surface area contributed by atoms with E-state index in [9.17, 15) is 14.3 Å². The normalized spacial score (nSPS) is 30.2. The van der Waals surface area contributed by atoms with Crippen molar-refractivity contribution in [2.75, 3.05) is 26.3 Å². The van der Waals surface area contributed by atoms with E-state index in [-0.39, 0.29) is 30.0 Å². The minimum Gasteiger partial charge on any atom is -0.389 e. The van der Waals surface area contributed by atoms with Gasteiger partial charge in [0.1, 0.15) is 5.82 Å². The molecule has 1 aromatic rings. The first-order valence-corrected chi connectivity index (χ1v) is 12.2. The Bertz CT molecular complexity index is 725. The number of fused-ring (bicyclic) bond motifs is 1. The molecule has 32 heavy (non-hydrogen) atoms. The van der Waals surface area contributed by atoms with Crippen molar-refractivity contribution in [2.24, 2.45) is 5.92 Å². The van der Waals surface area contributed by atoms with E-state index < -0.39 is 6.10 Å². The van der Waals surface area contributed by atoms with Crippen molar-refractivity contribution in [3.05, 3.63) is 35.6 Å². The number of aliphatic hydroxyl groups is 1. The van der Waals surface area contributed by atoms with Crippen molar-refractivity contribution in [2.45, 2.75) is 82.3 Å². The summed E-state index contributed by atoms with van der Waals surface area (Å²) in [6.07, 6.45) is 7.93. The molecule has 6 nitrogen and oxygen atoms in total. The molecule has 3 fully saturated rings. The van der Waals surface area contributed by atoms with E-state index in [2.05, 4.69) is 10.2 Å². The third-order valence-corrected chi connectivity index (χ3v) is 7.12. The number of ether oxygens (including phenoxy) is 2. The molecule has 0 bridgehead atoms. The van der Waals surface area contributed by atoms with Crippen LogP contribution in [0.1, 0.15) is 56.9 Å². The molecule has 1 amide bonds. The molecule has 0 spiro atoms. The van der Waals surface area contributed by atoms with Gasteiger partial charge in [-0.25, -0.2) is 4.39 Å². The maximum Gasteiger partial charge on any atom is 0.222 e. The van der Waals surface area contributed by atoms with E-state index in [1.807, 2.05) is 0 Å². The summed E-state index contributed by atoms with van der Waals surface area (Å²) in [4.78, 5) is 14.9. The molecule has 4 atom stereocenters. The molecule has 1 saturated carbocycles. The number of hydrogen-bond donors (Lipinski definition) is 2. The second-order valence-corrected chi connectivity index (χ2v) is 9.70. The lowest BCUT2D eigenvalue weighted by atomic mass is 9.87. The highest BCUT2D eigenvalue weighted by molar-refractivity contribution is 5.76. The fourth-order valence-electron chi connectivity index (χ4n) is 5.44. The lowest BCUT2D eigenvalue weighted by Crippen LogP contribution is -2.56. The number of carbonyl (C=O) groups is 1. The van der Waals surface area contributed by atoms with Crippen LogP contribution in [0, 0.1) is 11.7 Å². The molecule has 2 heterocycles. The van der Waals surface area contributed by atoms with Gasteiger partial charge in [0.2, 0.25) is 5.91 Å². The molecule has 0 unspecified atom stereocenters. The van der Waals surface area contributed by atoms with Crippen LogP contribution in [0.15, 0.2) is 24.3 Å². The largest absolute Gasteiger partial charge is 0.389 e. The third-order valence-electron chi connectivity index (χ3n) is 7.12. The van der Waals surface area contributed by atoms with Gasteiger partial charge >= 0.3 is 0 Å². The monoisotopic (exact) mass is 448 g/mol. The van der Waals surface area contributed by atoms with E-state index in [0.717, 1.165) is 24.9 Å². The van der Waals surface area contributed by atoms with Crippen LogP contribution in [0.5, 0.6) is 0 Å². The van der Waals surface area contributed by atoms with Crippen LogP contribution in [0.25, 0.3) is 0 Å². The molecule has 3 aliphatic rings. The molecule has 0 radical (unpaired) electrons. The number of nitrogens with zero attached hydrogens (tertiary/aromatic N) is 1. The van der Waals surface area contributed by atoms with Crippen LogP contribution in [-0.4, -0.2) is 66.6 Å². The highest BCUT2D eigenvalue weighted by Crippen LogP contribution is 2.31. The summed E-state index contributed by atoms with van der Waals surface area (Å²) in [6.45, 7) is 2.81. The van der Waals surface area contributed by atoms with Crippen LogP contribution in [0.2, 0.25) is 0 Å². The van der Waals surface area contributed by atoms with E-state index in [1.165, 1.54) is 44.2 Å². The number of aliphatic hydroxyl groups excluding tert-OH is 1. The number of halogens is 1. The smallest absolute Gasteiger partial charge is 0.222 e. The van der Waals surface area contributed by atoms with Gasteiger partial charge in [0.25, 0.3) is 0 Å². The zero-order chi connectivity index (χ0) is 22.3. The van der Waals surface area contributed by atoms with Crippen LogP contribution in [0.4, 0.5) is 4.39 Å². The Morgan fingerprint density at radius 1 is 1.09 bits per heavy atom. The molecule has 178 valence electrons. The summed E-state index contributed by atoms with van der Waals surface area (Å²) in [6, 6.07) is 6.38. The van der Waals surface area contributed by atoms with Crippen molar-refractivity contribution in [1.29, 1.82) is 0 Å². The minimum atomic E-state index is -0.463. The average molecular weight is 449 g/mol. The standard InChI is InChI=1S/C25H37FN2O4/c26-20-8-6-18(7-9-20)13-27-25(30)12-22-10-11-23-24(32-22)17-31-16-21(29)15-28(23)14-19-4-2-1-3-5-19/h6-9,19,21-24,29H,1-5,10-17H2,(H,27,30)/t21-,22-,23-,24+/m0/s1. The maximum atomic E-state index is 13.0. The Balaban J connectivity index is 1.29. The highest BCUT2D eigenvalue weighted by atomic mass is 19.1. The summed E-state index contributed by atoms with van der Waals surface area (Å²) in [5.41, 5.74) is 0.870. The van der Waals surface area contributed by atoms with Gasteiger partial charge in [-0.05, 0) is 49.3 Å². The number of β-amino-alcohol motifs (C(OH)–C–C–N with tert-alkyl or cyclic N) is 1. The van der Waals surface area contributed by atoms with Gasteiger partial charge in [-0.3, -0.25) is 9.69 Å². The SMILES string of the molecule is O=C(C[C@@H]1CC[C@H]2[C@@H](COC[C@@H](O)CN2CC2CCCCC2)O1)NCc1ccc(F)cc1. The van der Waals surface area contributed by atoms with Crippen LogP contribution in [-0.2, 0) is 20.8 Å². The van der Waals surface area contributed by atoms with Crippen molar-refractivity contribution >= 4 is 5.91 Å². The fraction of sp³-hybridized carbons (Fsp3) is 0.720. The van der Waals surface area contributed by atoms with Crippen molar-refractivity contribution in [3.63, 3.8) is 0 Å². The second-order valence-electron chi connectivity index (χ2n) is 9.70. The lowest BCUT2D eigenvalue weighted by molar-refractivity contribution is -0.158. The average Bonchev–Trinajstić information content (AvgIpc) is 2.78. The predicted octanol–water partition coefficient (Wildman–Crippen LogP) is 3.02. The van der Waals surface area contributed by atoms with E-state index >= 15 is 0 Å². The molecule has 4 rings (SSSR count). The van der Waals surface area contributed by atoms with E-state index in [1.54, 1.807) is 12.1 Å². The molecule has 2 aliphatic heterocycles. The Morgan fingerprint density at radius 3 is 2.66 bits per heavy atom. The quantitative estimate of drug-likeness (QED) is 0.700. The first kappa shape index (κ1) is 23.6. The van der Waals surface area contributed by atoms with Gasteiger partial charge in [-0.1, -0.05) is 31.4 Å². The topological polar surface area (TPSA) is 71.0 Å². The predicted molar refractivity (Wildman–Crippen MR) is 120 cm³/mol. The van der Waals surface area contributed by atoms with Crippen LogP contribution < -0.4 is 5.32 Å². The molecular formula is C25H37FN2O4. The third kappa shape index (κ3) is 6.73. The first-order chi connectivity index (χ1) is 15.6. The van der Waals surface area contributed by atoms with E-state index in [4.69, 9.17) is 9.47 Å². The Morgan fingerprint density at radius 2 is 1.88 bits per heavy atom. The minimum absolute atomic E-state index is 0.0565. The number of hydrogen-bond acceptors (Lipinski definition) is 5. The summed E-state index contributed by atoms with van der Waals surface area (Å²) >= 11 is 0.